The Bertz CT molecular complexity index is 2820. The molecule has 0 N–H and O–H groups in total. The van der Waals surface area contributed by atoms with Crippen LogP contribution in [0.3, 0.4) is 0 Å². The van der Waals surface area contributed by atoms with Gasteiger partial charge in [-0.2, -0.15) is 0 Å². The minimum absolute atomic E-state index is 0.0363. The fourth-order valence-electron chi connectivity index (χ4n) is 12.3. The third-order valence-corrected chi connectivity index (χ3v) is 25.4. The van der Waals surface area contributed by atoms with E-state index in [0.717, 1.165) is 53.3 Å². The number of allylic oxidation sites excluding steroid dienone is 2. The van der Waals surface area contributed by atoms with Crippen LogP contribution in [0, 0.1) is 23.7 Å². The van der Waals surface area contributed by atoms with Crippen LogP contribution in [0.25, 0.3) is 40.7 Å². The molecule has 5 aromatic rings. The van der Waals surface area contributed by atoms with Gasteiger partial charge in [0.1, 0.15) is 0 Å². The number of carbonyl (C=O) groups excluding carboxylic acids is 2. The number of thioether (sulfide) groups is 1. The largest absolute Gasteiger partial charge is 0.306 e. The second-order valence-corrected chi connectivity index (χ2v) is 30.9. The molecule has 8 heterocycles. The highest BCUT2D eigenvalue weighted by Crippen LogP contribution is 2.55. The standard InChI is InChI=1S/C70H98N2O2S6/c1-10-15-19-23-25-29-33-50(31-27-21-17-12-3)46-71-66(60-42-39-57(77-60)54-36-35-53(75-54)48(6)7)64-65(70(71)74)67(72(69(64)73)47-51(32-28-22-18-13-4)34-30-26-24-20-16-11-2)61-43-40-58(78-61)55-37-38-56(76-55)59-41-44-62(79-59)68-52(14-5)45-63(80-68)49(8)9/h35-45,48-52,68H,10-34,46-47H2,1-9H3. The van der Waals surface area contributed by atoms with E-state index in [4.69, 9.17) is 0 Å². The van der Waals surface area contributed by atoms with E-state index in [0.29, 0.717) is 59.1 Å². The molecule has 0 saturated carbocycles. The summed E-state index contributed by atoms with van der Waals surface area (Å²) in [5.74, 6) is 2.43. The fraction of sp³-hybridized carbons (Fsp3) is 0.600. The molecule has 4 atom stereocenters. The van der Waals surface area contributed by atoms with Gasteiger partial charge in [-0.05, 0) is 127 Å². The van der Waals surface area contributed by atoms with Gasteiger partial charge in [-0.15, -0.1) is 68.4 Å². The molecule has 436 valence electrons. The van der Waals surface area contributed by atoms with Crippen LogP contribution in [-0.4, -0.2) is 34.7 Å². The molecule has 4 unspecified atom stereocenters. The minimum Gasteiger partial charge on any atom is -0.306 e. The van der Waals surface area contributed by atoms with Gasteiger partial charge in [-0.3, -0.25) is 9.59 Å². The van der Waals surface area contributed by atoms with Gasteiger partial charge in [-0.25, -0.2) is 0 Å². The van der Waals surface area contributed by atoms with E-state index in [2.05, 4.69) is 151 Å². The summed E-state index contributed by atoms with van der Waals surface area (Å²) in [7, 11) is 0. The highest BCUT2D eigenvalue weighted by atomic mass is 32.2. The van der Waals surface area contributed by atoms with E-state index in [9.17, 15) is 0 Å². The number of thiophene rings is 5. The Labute approximate surface area is 509 Å². The highest BCUT2D eigenvalue weighted by Gasteiger charge is 2.50. The highest BCUT2D eigenvalue weighted by molar-refractivity contribution is 8.03. The first-order valence-corrected chi connectivity index (χ1v) is 37.0. The molecule has 80 heavy (non-hydrogen) atoms. The summed E-state index contributed by atoms with van der Waals surface area (Å²) < 4.78 is 0. The number of rotatable bonds is 37. The number of unbranched alkanes of at least 4 members (excludes halogenated alkanes) is 16. The van der Waals surface area contributed by atoms with Gasteiger partial charge in [0.2, 0.25) is 0 Å². The molecule has 3 aliphatic heterocycles. The van der Waals surface area contributed by atoms with Crippen LogP contribution < -0.4 is 0 Å². The van der Waals surface area contributed by atoms with E-state index in [-0.39, 0.29) is 11.8 Å². The average Bonchev–Trinajstić information content (AvgIpc) is 4.36. The van der Waals surface area contributed by atoms with Crippen molar-refractivity contribution in [2.45, 2.75) is 234 Å². The Morgan fingerprint density at radius 2 is 0.775 bits per heavy atom. The summed E-state index contributed by atoms with van der Waals surface area (Å²) >= 11 is 11.3. The number of amides is 2. The molecule has 3 aliphatic rings. The molecule has 8 rings (SSSR count). The van der Waals surface area contributed by atoms with E-state index >= 15 is 9.59 Å². The van der Waals surface area contributed by atoms with Crippen molar-refractivity contribution >= 4 is 91.7 Å². The van der Waals surface area contributed by atoms with E-state index in [1.54, 1.807) is 22.7 Å². The molecule has 0 spiro atoms. The summed E-state index contributed by atoms with van der Waals surface area (Å²) in [6, 6.07) is 22.9. The normalized spacial score (nSPS) is 17.5. The minimum atomic E-state index is 0.0363. The van der Waals surface area contributed by atoms with Crippen molar-refractivity contribution in [2.75, 3.05) is 13.1 Å². The number of hydrogen-bond acceptors (Lipinski definition) is 8. The van der Waals surface area contributed by atoms with Crippen molar-refractivity contribution in [2.24, 2.45) is 23.7 Å². The maximum absolute atomic E-state index is 16.1. The average molecular weight is 1190 g/mol. The van der Waals surface area contributed by atoms with Gasteiger partial charge < -0.3 is 9.80 Å². The van der Waals surface area contributed by atoms with Gasteiger partial charge in [0, 0.05) is 57.4 Å². The van der Waals surface area contributed by atoms with Gasteiger partial charge in [0.15, 0.2) is 0 Å². The summed E-state index contributed by atoms with van der Waals surface area (Å²) in [4.78, 5) is 50.4. The van der Waals surface area contributed by atoms with E-state index in [1.807, 2.05) is 34.0 Å². The lowest BCUT2D eigenvalue weighted by Gasteiger charge is -2.29. The Morgan fingerprint density at radius 3 is 1.19 bits per heavy atom. The molecule has 0 aliphatic carbocycles. The predicted molar refractivity (Wildman–Crippen MR) is 357 cm³/mol. The maximum Gasteiger partial charge on any atom is 0.261 e. The van der Waals surface area contributed by atoms with Crippen LogP contribution in [0.4, 0.5) is 0 Å². The van der Waals surface area contributed by atoms with Crippen LogP contribution in [0.2, 0.25) is 0 Å². The second-order valence-electron chi connectivity index (χ2n) is 24.2. The van der Waals surface area contributed by atoms with Gasteiger partial charge in [0.25, 0.3) is 11.8 Å². The molecule has 5 aromatic heterocycles. The third kappa shape index (κ3) is 16.0. The molecule has 0 saturated heterocycles. The van der Waals surface area contributed by atoms with Crippen LogP contribution >= 0.6 is 68.4 Å². The third-order valence-electron chi connectivity index (χ3n) is 17.1. The molecule has 4 nitrogen and oxygen atoms in total. The molecule has 10 heteroatoms. The SMILES string of the molecule is CCCCCCCCC(CCCCCC)CN1C(=O)C2=C(c3ccc(-c4ccc(C(C)C)s4)s3)N(CC(CCCCCC)CCCCCCCC)C(=O)C2=C1c1ccc(-c2ccc(-c3ccc(C4SC(C(C)C)=CC4CC)s3)s2)s1. The van der Waals surface area contributed by atoms with Gasteiger partial charge in [-0.1, -0.05) is 197 Å². The number of carbonyl (C=O) groups is 2. The lowest BCUT2D eigenvalue weighted by Crippen LogP contribution is -2.34. The maximum atomic E-state index is 16.1. The lowest BCUT2D eigenvalue weighted by molar-refractivity contribution is -0.124. The molecule has 0 bridgehead atoms. The molecule has 2 amide bonds. The quantitative estimate of drug-likeness (QED) is 0.0372. The monoisotopic (exact) mass is 1190 g/mol. The Balaban J connectivity index is 1.19. The molecular weight excluding hydrogens is 1090 g/mol. The van der Waals surface area contributed by atoms with Crippen LogP contribution in [0.5, 0.6) is 0 Å². The summed E-state index contributed by atoms with van der Waals surface area (Å²) in [5.41, 5.74) is 3.05. The van der Waals surface area contributed by atoms with Crippen LogP contribution in [0.15, 0.2) is 82.8 Å². The van der Waals surface area contributed by atoms with Crippen LogP contribution in [0.1, 0.15) is 254 Å². The zero-order valence-corrected chi connectivity index (χ0v) is 55.5. The first-order valence-electron chi connectivity index (χ1n) is 32.0. The van der Waals surface area contributed by atoms with Crippen molar-refractivity contribution in [3.8, 4) is 29.3 Å². The topological polar surface area (TPSA) is 40.6 Å². The summed E-state index contributed by atoms with van der Waals surface area (Å²) in [6.45, 7) is 22.0. The van der Waals surface area contributed by atoms with Crippen molar-refractivity contribution in [3.05, 3.63) is 102 Å². The number of fused-ring (bicyclic) bond motifs is 1. The number of nitrogens with zero attached hydrogens (tertiary/aromatic N) is 2. The van der Waals surface area contributed by atoms with E-state index < -0.39 is 0 Å². The van der Waals surface area contributed by atoms with Gasteiger partial charge in [0.05, 0.1) is 32.3 Å². The lowest BCUT2D eigenvalue weighted by atomic mass is 9.93. The Kier molecular flexibility index (Phi) is 25.0. The first kappa shape index (κ1) is 63.0. The molecule has 0 radical (unpaired) electrons. The van der Waals surface area contributed by atoms with Crippen LogP contribution in [-0.2, 0) is 9.59 Å². The summed E-state index contributed by atoms with van der Waals surface area (Å²) in [5, 5.41) is 0.496. The van der Waals surface area contributed by atoms with Crippen molar-refractivity contribution in [1.29, 1.82) is 0 Å². The van der Waals surface area contributed by atoms with Crippen molar-refractivity contribution < 1.29 is 9.59 Å². The molecular formula is C70H98N2O2S6. The molecule has 0 fully saturated rings. The zero-order valence-electron chi connectivity index (χ0n) is 50.6. The zero-order chi connectivity index (χ0) is 56.5. The second kappa shape index (κ2) is 31.8. The summed E-state index contributed by atoms with van der Waals surface area (Å²) in [6.07, 6.45) is 33.1. The predicted octanol–water partition coefficient (Wildman–Crippen LogP) is 24.0. The Morgan fingerprint density at radius 1 is 0.412 bits per heavy atom. The van der Waals surface area contributed by atoms with Crippen molar-refractivity contribution in [1.82, 2.24) is 9.80 Å². The Hall–Kier alpha value is -2.99. The van der Waals surface area contributed by atoms with E-state index in [1.165, 1.54) is 172 Å². The van der Waals surface area contributed by atoms with Gasteiger partial charge >= 0.3 is 0 Å². The first-order chi connectivity index (χ1) is 39.0. The number of hydrogen-bond donors (Lipinski definition) is 0. The fourth-order valence-corrected chi connectivity index (χ4v) is 19.5. The smallest absolute Gasteiger partial charge is 0.261 e. The molecule has 0 aromatic carbocycles. The van der Waals surface area contributed by atoms with Crippen molar-refractivity contribution in [3.63, 3.8) is 0 Å².